The van der Waals surface area contributed by atoms with Crippen molar-refractivity contribution in [1.29, 1.82) is 5.26 Å². The molecule has 0 spiro atoms. The molecule has 0 atom stereocenters. The summed E-state index contributed by atoms with van der Waals surface area (Å²) < 4.78 is 0. The lowest BCUT2D eigenvalue weighted by Gasteiger charge is -2.17. The fourth-order valence-corrected chi connectivity index (χ4v) is 1.70. The first-order valence-electron chi connectivity index (χ1n) is 6.14. The van der Waals surface area contributed by atoms with E-state index in [1.807, 2.05) is 18.2 Å². The fraction of sp³-hybridized carbons (Fsp3) is 0.500. The SMILES string of the molecule is CCCNCCN(C)Cc1cccc(C#N)c1. The van der Waals surface area contributed by atoms with Crippen LogP contribution in [0.5, 0.6) is 0 Å². The molecule has 3 nitrogen and oxygen atoms in total. The van der Waals surface area contributed by atoms with E-state index >= 15 is 0 Å². The maximum Gasteiger partial charge on any atom is 0.0991 e. The molecule has 0 fully saturated rings. The molecule has 0 aromatic heterocycles. The Bertz CT molecular complexity index is 368. The minimum Gasteiger partial charge on any atom is -0.315 e. The monoisotopic (exact) mass is 231 g/mol. The average molecular weight is 231 g/mol. The zero-order valence-electron chi connectivity index (χ0n) is 10.7. The largest absolute Gasteiger partial charge is 0.315 e. The van der Waals surface area contributed by atoms with Gasteiger partial charge < -0.3 is 10.2 Å². The number of benzene rings is 1. The Hall–Kier alpha value is -1.37. The number of nitrogens with one attached hydrogen (secondary N) is 1. The second-order valence-electron chi connectivity index (χ2n) is 4.30. The predicted molar refractivity (Wildman–Crippen MR) is 70.7 cm³/mol. The minimum absolute atomic E-state index is 0.736. The molecular weight excluding hydrogens is 210 g/mol. The Kier molecular flexibility index (Phi) is 6.31. The van der Waals surface area contributed by atoms with Gasteiger partial charge in [0.15, 0.2) is 0 Å². The summed E-state index contributed by atoms with van der Waals surface area (Å²) in [5, 5.41) is 12.2. The summed E-state index contributed by atoms with van der Waals surface area (Å²) in [6, 6.07) is 9.97. The van der Waals surface area contributed by atoms with Crippen molar-refractivity contribution in [3.63, 3.8) is 0 Å². The van der Waals surface area contributed by atoms with Crippen LogP contribution in [0.4, 0.5) is 0 Å². The van der Waals surface area contributed by atoms with Crippen LogP contribution >= 0.6 is 0 Å². The number of hydrogen-bond acceptors (Lipinski definition) is 3. The molecule has 0 aliphatic carbocycles. The molecule has 0 amide bonds. The molecule has 0 aliphatic rings. The highest BCUT2D eigenvalue weighted by atomic mass is 15.1. The summed E-state index contributed by atoms with van der Waals surface area (Å²) in [5.74, 6) is 0. The van der Waals surface area contributed by atoms with Gasteiger partial charge in [0.1, 0.15) is 0 Å². The molecule has 0 saturated heterocycles. The topological polar surface area (TPSA) is 39.1 Å². The van der Waals surface area contributed by atoms with Gasteiger partial charge in [-0.3, -0.25) is 0 Å². The summed E-state index contributed by atoms with van der Waals surface area (Å²) in [7, 11) is 2.10. The number of nitriles is 1. The van der Waals surface area contributed by atoms with Gasteiger partial charge in [-0.1, -0.05) is 19.1 Å². The molecule has 1 N–H and O–H groups in total. The van der Waals surface area contributed by atoms with E-state index in [1.165, 1.54) is 12.0 Å². The summed E-state index contributed by atoms with van der Waals surface area (Å²) in [5.41, 5.74) is 1.93. The van der Waals surface area contributed by atoms with Crippen molar-refractivity contribution in [3.05, 3.63) is 35.4 Å². The number of hydrogen-bond donors (Lipinski definition) is 1. The molecule has 0 unspecified atom stereocenters. The fourth-order valence-electron chi connectivity index (χ4n) is 1.70. The van der Waals surface area contributed by atoms with Gasteiger partial charge in [0.05, 0.1) is 11.6 Å². The normalized spacial score (nSPS) is 10.5. The standard InChI is InChI=1S/C14H21N3/c1-3-7-16-8-9-17(2)12-14-6-4-5-13(10-14)11-15/h4-6,10,16H,3,7-9,12H2,1-2H3. The number of likely N-dealkylation sites (N-methyl/N-ethyl adjacent to an activating group) is 1. The lowest BCUT2D eigenvalue weighted by atomic mass is 10.1. The van der Waals surface area contributed by atoms with E-state index in [4.69, 9.17) is 5.26 Å². The second-order valence-corrected chi connectivity index (χ2v) is 4.30. The van der Waals surface area contributed by atoms with Crippen LogP contribution in [0.25, 0.3) is 0 Å². The predicted octanol–water partition coefficient (Wildman–Crippen LogP) is 1.99. The van der Waals surface area contributed by atoms with Crippen LogP contribution in [0.1, 0.15) is 24.5 Å². The molecule has 17 heavy (non-hydrogen) atoms. The summed E-state index contributed by atoms with van der Waals surface area (Å²) in [6.45, 7) is 6.18. The average Bonchev–Trinajstić information content (AvgIpc) is 2.35. The maximum absolute atomic E-state index is 8.82. The molecule has 0 heterocycles. The van der Waals surface area contributed by atoms with Gasteiger partial charge in [-0.25, -0.2) is 0 Å². The third-order valence-corrected chi connectivity index (χ3v) is 2.61. The first-order valence-corrected chi connectivity index (χ1v) is 6.14. The molecule has 0 aliphatic heterocycles. The number of nitrogens with zero attached hydrogens (tertiary/aromatic N) is 2. The van der Waals surface area contributed by atoms with Crippen LogP contribution < -0.4 is 5.32 Å². The van der Waals surface area contributed by atoms with Crippen molar-refractivity contribution in [1.82, 2.24) is 10.2 Å². The molecule has 0 saturated carbocycles. The van der Waals surface area contributed by atoms with E-state index in [1.54, 1.807) is 0 Å². The zero-order valence-corrected chi connectivity index (χ0v) is 10.7. The van der Waals surface area contributed by atoms with E-state index in [9.17, 15) is 0 Å². The lowest BCUT2D eigenvalue weighted by molar-refractivity contribution is 0.324. The van der Waals surface area contributed by atoms with E-state index < -0.39 is 0 Å². The van der Waals surface area contributed by atoms with E-state index in [-0.39, 0.29) is 0 Å². The van der Waals surface area contributed by atoms with Gasteiger partial charge in [0, 0.05) is 19.6 Å². The smallest absolute Gasteiger partial charge is 0.0991 e. The molecule has 0 bridgehead atoms. The summed E-state index contributed by atoms with van der Waals surface area (Å²) in [4.78, 5) is 2.26. The third kappa shape index (κ3) is 5.48. The van der Waals surface area contributed by atoms with Gasteiger partial charge >= 0.3 is 0 Å². The van der Waals surface area contributed by atoms with E-state index in [0.717, 1.165) is 31.7 Å². The van der Waals surface area contributed by atoms with Gasteiger partial charge in [0.2, 0.25) is 0 Å². The highest BCUT2D eigenvalue weighted by molar-refractivity contribution is 5.32. The Balaban J connectivity index is 2.34. The quantitative estimate of drug-likeness (QED) is 0.729. The van der Waals surface area contributed by atoms with Gasteiger partial charge in [-0.15, -0.1) is 0 Å². The van der Waals surface area contributed by atoms with Crippen molar-refractivity contribution < 1.29 is 0 Å². The number of rotatable bonds is 7. The Morgan fingerprint density at radius 1 is 1.35 bits per heavy atom. The molecule has 0 radical (unpaired) electrons. The Morgan fingerprint density at radius 2 is 2.18 bits per heavy atom. The minimum atomic E-state index is 0.736. The lowest BCUT2D eigenvalue weighted by Crippen LogP contribution is -2.29. The molecule has 92 valence electrons. The van der Waals surface area contributed by atoms with Crippen LogP contribution in [0, 0.1) is 11.3 Å². The Labute approximate surface area is 104 Å². The van der Waals surface area contributed by atoms with Crippen molar-refractivity contribution in [3.8, 4) is 6.07 Å². The van der Waals surface area contributed by atoms with Crippen molar-refractivity contribution in [2.24, 2.45) is 0 Å². The zero-order chi connectivity index (χ0) is 12.5. The van der Waals surface area contributed by atoms with Crippen LogP contribution in [0.2, 0.25) is 0 Å². The Morgan fingerprint density at radius 3 is 2.88 bits per heavy atom. The highest BCUT2D eigenvalue weighted by Gasteiger charge is 2.00. The van der Waals surface area contributed by atoms with Gasteiger partial charge in [0.25, 0.3) is 0 Å². The maximum atomic E-state index is 8.82. The first kappa shape index (κ1) is 13.7. The summed E-state index contributed by atoms with van der Waals surface area (Å²) >= 11 is 0. The van der Waals surface area contributed by atoms with Crippen LogP contribution in [-0.2, 0) is 6.54 Å². The van der Waals surface area contributed by atoms with Crippen molar-refractivity contribution in [2.45, 2.75) is 19.9 Å². The third-order valence-electron chi connectivity index (χ3n) is 2.61. The second kappa shape index (κ2) is 7.83. The first-order chi connectivity index (χ1) is 8.26. The molecule has 3 heteroatoms. The van der Waals surface area contributed by atoms with Crippen molar-refractivity contribution in [2.75, 3.05) is 26.7 Å². The van der Waals surface area contributed by atoms with Crippen LogP contribution in [0.3, 0.4) is 0 Å². The molecule has 1 aromatic carbocycles. The molecule has 1 aromatic rings. The molecule has 1 rings (SSSR count). The van der Waals surface area contributed by atoms with E-state index in [2.05, 4.69) is 36.3 Å². The van der Waals surface area contributed by atoms with Gasteiger partial charge in [-0.2, -0.15) is 5.26 Å². The van der Waals surface area contributed by atoms with E-state index in [0.29, 0.717) is 0 Å². The molecular formula is C14H21N3. The van der Waals surface area contributed by atoms with Crippen LogP contribution in [0.15, 0.2) is 24.3 Å². The van der Waals surface area contributed by atoms with Crippen molar-refractivity contribution >= 4 is 0 Å². The van der Waals surface area contributed by atoms with Crippen LogP contribution in [-0.4, -0.2) is 31.6 Å². The van der Waals surface area contributed by atoms with Gasteiger partial charge in [-0.05, 0) is 37.7 Å². The highest BCUT2D eigenvalue weighted by Crippen LogP contribution is 2.06. The summed E-state index contributed by atoms with van der Waals surface area (Å²) in [6.07, 6.45) is 1.17.